The van der Waals surface area contributed by atoms with Crippen LogP contribution in [0.5, 0.6) is 0 Å². The lowest BCUT2D eigenvalue weighted by Gasteiger charge is -2.04. The van der Waals surface area contributed by atoms with Crippen molar-refractivity contribution in [3.05, 3.63) is 55.7 Å². The maximum absolute atomic E-state index is 12.3. The van der Waals surface area contributed by atoms with E-state index in [9.17, 15) is 9.59 Å². The van der Waals surface area contributed by atoms with Crippen molar-refractivity contribution < 1.29 is 0 Å². The van der Waals surface area contributed by atoms with E-state index in [2.05, 4.69) is 4.98 Å². The van der Waals surface area contributed by atoms with Crippen molar-refractivity contribution in [1.29, 1.82) is 0 Å². The van der Waals surface area contributed by atoms with E-state index in [0.717, 1.165) is 33.3 Å². The van der Waals surface area contributed by atoms with Crippen LogP contribution >= 0.6 is 23.4 Å². The monoisotopic (exact) mass is 378 g/mol. The molecule has 0 atom stereocenters. The summed E-state index contributed by atoms with van der Waals surface area (Å²) in [5, 5.41) is 1.48. The normalized spacial score (nSPS) is 11.4. The number of nitrogens with zero attached hydrogens (tertiary/aromatic N) is 4. The van der Waals surface area contributed by atoms with E-state index in [1.54, 1.807) is 23.4 Å². The van der Waals surface area contributed by atoms with Crippen LogP contribution in [0, 0.1) is 0 Å². The second-order valence-electron chi connectivity index (χ2n) is 5.91. The zero-order valence-electron chi connectivity index (χ0n) is 14.3. The molecule has 0 saturated carbocycles. The average molecular weight is 379 g/mol. The van der Waals surface area contributed by atoms with Gasteiger partial charge in [0.2, 0.25) is 0 Å². The summed E-state index contributed by atoms with van der Waals surface area (Å²) in [6.45, 7) is 0. The molecule has 0 N–H and O–H groups in total. The van der Waals surface area contributed by atoms with E-state index >= 15 is 0 Å². The third kappa shape index (κ3) is 3.39. The Morgan fingerprint density at radius 3 is 2.40 bits per heavy atom. The summed E-state index contributed by atoms with van der Waals surface area (Å²) in [5.74, 6) is 0.869. The largest absolute Gasteiger partial charge is 0.332 e. The highest BCUT2D eigenvalue weighted by Gasteiger charge is 2.16. The van der Waals surface area contributed by atoms with Crippen molar-refractivity contribution in [3.63, 3.8) is 0 Å². The summed E-state index contributed by atoms with van der Waals surface area (Å²) in [6.07, 6.45) is 1.93. The summed E-state index contributed by atoms with van der Waals surface area (Å²) < 4.78 is 4.29. The SMILES string of the molecule is Cn1c(=O)c2c(nc(SCCCc3ccc(Cl)cc3)n2C)n(C)c1=O. The highest BCUT2D eigenvalue weighted by atomic mass is 35.5. The second-order valence-corrected chi connectivity index (χ2v) is 7.41. The Labute approximate surface area is 154 Å². The molecule has 0 aliphatic heterocycles. The zero-order chi connectivity index (χ0) is 18.1. The van der Waals surface area contributed by atoms with Crippen LogP contribution in [-0.2, 0) is 27.6 Å². The van der Waals surface area contributed by atoms with E-state index in [1.807, 2.05) is 31.3 Å². The van der Waals surface area contributed by atoms with Gasteiger partial charge in [-0.3, -0.25) is 13.9 Å². The molecule has 0 unspecified atom stereocenters. The van der Waals surface area contributed by atoms with Gasteiger partial charge in [0.05, 0.1) is 0 Å². The minimum absolute atomic E-state index is 0.318. The van der Waals surface area contributed by atoms with Crippen LogP contribution in [0.25, 0.3) is 11.2 Å². The van der Waals surface area contributed by atoms with Gasteiger partial charge in [-0.2, -0.15) is 0 Å². The topological polar surface area (TPSA) is 61.8 Å². The molecule has 25 heavy (non-hydrogen) atoms. The van der Waals surface area contributed by atoms with Gasteiger partial charge in [-0.05, 0) is 30.5 Å². The van der Waals surface area contributed by atoms with Gasteiger partial charge in [0, 0.05) is 31.9 Å². The number of rotatable bonds is 5. The molecule has 0 aliphatic rings. The molecule has 6 nitrogen and oxygen atoms in total. The first-order valence-electron chi connectivity index (χ1n) is 7.90. The fourth-order valence-electron chi connectivity index (χ4n) is 2.72. The molecule has 0 bridgehead atoms. The number of halogens is 1. The third-order valence-electron chi connectivity index (χ3n) is 4.19. The van der Waals surface area contributed by atoms with Crippen LogP contribution in [0.1, 0.15) is 12.0 Å². The molecule has 0 aliphatic carbocycles. The molecule has 0 fully saturated rings. The van der Waals surface area contributed by atoms with E-state index in [4.69, 9.17) is 11.6 Å². The first-order chi connectivity index (χ1) is 11.9. The molecular formula is C17H19ClN4O2S. The van der Waals surface area contributed by atoms with Gasteiger partial charge in [0.1, 0.15) is 0 Å². The van der Waals surface area contributed by atoms with Crippen molar-refractivity contribution in [3.8, 4) is 0 Å². The third-order valence-corrected chi connectivity index (χ3v) is 5.56. The summed E-state index contributed by atoms with van der Waals surface area (Å²) in [6, 6.07) is 7.85. The van der Waals surface area contributed by atoms with Crippen LogP contribution in [-0.4, -0.2) is 24.4 Å². The Morgan fingerprint density at radius 1 is 1.04 bits per heavy atom. The lowest BCUT2D eigenvalue weighted by Crippen LogP contribution is -2.37. The predicted molar refractivity (Wildman–Crippen MR) is 102 cm³/mol. The summed E-state index contributed by atoms with van der Waals surface area (Å²) >= 11 is 7.48. The molecule has 2 aromatic heterocycles. The van der Waals surface area contributed by atoms with Crippen molar-refractivity contribution in [2.24, 2.45) is 21.1 Å². The standard InChI is InChI=1S/C17H19ClN4O2S/c1-20-13-14(21(2)17(24)22(3)15(13)23)19-16(20)25-10-4-5-11-6-8-12(18)9-7-11/h6-9H,4-5,10H2,1-3H3. The molecule has 0 saturated heterocycles. The fourth-order valence-corrected chi connectivity index (χ4v) is 3.75. The number of aryl methyl sites for hydroxylation is 3. The molecule has 1 aromatic carbocycles. The Kier molecular flexibility index (Phi) is 5.06. The maximum atomic E-state index is 12.3. The quantitative estimate of drug-likeness (QED) is 0.505. The molecule has 3 aromatic rings. The minimum Gasteiger partial charge on any atom is -0.316 e. The predicted octanol–water partition coefficient (Wildman–Crippen LogP) is 2.35. The van der Waals surface area contributed by atoms with Gasteiger partial charge in [0.25, 0.3) is 5.56 Å². The Morgan fingerprint density at radius 2 is 1.72 bits per heavy atom. The van der Waals surface area contributed by atoms with Gasteiger partial charge < -0.3 is 4.57 Å². The summed E-state index contributed by atoms with van der Waals surface area (Å²) in [5.41, 5.74) is 1.43. The van der Waals surface area contributed by atoms with Crippen LogP contribution in [0.3, 0.4) is 0 Å². The van der Waals surface area contributed by atoms with Crippen molar-refractivity contribution >= 4 is 34.5 Å². The second kappa shape index (κ2) is 7.09. The van der Waals surface area contributed by atoms with Crippen LogP contribution in [0.4, 0.5) is 0 Å². The highest BCUT2D eigenvalue weighted by molar-refractivity contribution is 7.99. The van der Waals surface area contributed by atoms with Gasteiger partial charge >= 0.3 is 5.69 Å². The molecular weight excluding hydrogens is 360 g/mol. The van der Waals surface area contributed by atoms with Crippen molar-refractivity contribution in [1.82, 2.24) is 18.7 Å². The van der Waals surface area contributed by atoms with E-state index in [-0.39, 0.29) is 11.2 Å². The Hall–Kier alpha value is -1.99. The summed E-state index contributed by atoms with van der Waals surface area (Å²) in [4.78, 5) is 28.9. The minimum atomic E-state index is -0.366. The smallest absolute Gasteiger partial charge is 0.316 e. The van der Waals surface area contributed by atoms with E-state index in [1.165, 1.54) is 17.2 Å². The molecule has 8 heteroatoms. The first-order valence-corrected chi connectivity index (χ1v) is 9.26. The summed E-state index contributed by atoms with van der Waals surface area (Å²) in [7, 11) is 4.92. The maximum Gasteiger partial charge on any atom is 0.332 e. The van der Waals surface area contributed by atoms with Crippen LogP contribution in [0.2, 0.25) is 5.02 Å². The van der Waals surface area contributed by atoms with Gasteiger partial charge in [0.15, 0.2) is 16.3 Å². The lowest BCUT2D eigenvalue weighted by molar-refractivity contribution is 0.705. The fraction of sp³-hybridized carbons (Fsp3) is 0.353. The Bertz CT molecular complexity index is 1030. The molecule has 0 amide bonds. The van der Waals surface area contributed by atoms with E-state index in [0.29, 0.717) is 11.2 Å². The molecule has 0 radical (unpaired) electrons. The molecule has 132 valence electrons. The lowest BCUT2D eigenvalue weighted by atomic mass is 10.1. The Balaban J connectivity index is 1.76. The number of aromatic nitrogens is 4. The zero-order valence-corrected chi connectivity index (χ0v) is 15.9. The van der Waals surface area contributed by atoms with Crippen molar-refractivity contribution in [2.75, 3.05) is 5.75 Å². The number of thioether (sulfide) groups is 1. The molecule has 2 heterocycles. The van der Waals surface area contributed by atoms with Crippen molar-refractivity contribution in [2.45, 2.75) is 18.0 Å². The van der Waals surface area contributed by atoms with E-state index < -0.39 is 0 Å². The first kappa shape index (κ1) is 17.8. The van der Waals surface area contributed by atoms with Crippen LogP contribution < -0.4 is 11.2 Å². The highest BCUT2D eigenvalue weighted by Crippen LogP contribution is 2.21. The average Bonchev–Trinajstić information content (AvgIpc) is 2.93. The molecule has 0 spiro atoms. The number of benzene rings is 1. The number of imidazole rings is 1. The number of hydrogen-bond acceptors (Lipinski definition) is 4. The number of fused-ring (bicyclic) bond motifs is 1. The van der Waals surface area contributed by atoms with Gasteiger partial charge in [-0.15, -0.1) is 0 Å². The number of hydrogen-bond donors (Lipinski definition) is 0. The molecule has 3 rings (SSSR count). The van der Waals surface area contributed by atoms with Gasteiger partial charge in [-0.25, -0.2) is 9.78 Å². The van der Waals surface area contributed by atoms with Crippen LogP contribution in [0.15, 0.2) is 39.0 Å². The van der Waals surface area contributed by atoms with Gasteiger partial charge in [-0.1, -0.05) is 35.5 Å².